The minimum atomic E-state index is -3.06. The van der Waals surface area contributed by atoms with E-state index >= 15 is 0 Å². The van der Waals surface area contributed by atoms with Gasteiger partial charge in [-0.15, -0.1) is 10.2 Å². The highest BCUT2D eigenvalue weighted by molar-refractivity contribution is 8.00. The molecule has 0 radical (unpaired) electrons. The molecule has 2 fully saturated rings. The van der Waals surface area contributed by atoms with E-state index in [9.17, 15) is 13.2 Å². The molecular weight excluding hydrogens is 450 g/mol. The number of anilines is 1. The van der Waals surface area contributed by atoms with Crippen LogP contribution in [0, 0.1) is 6.92 Å². The highest BCUT2D eigenvalue weighted by atomic mass is 32.2. The molecule has 0 bridgehead atoms. The standard InChI is InChI=1S/C21H29N5O4S2/c1-15-6-4-5-7-18(15)26-20(25-9-11-30-12-10-25)22-23-21(26)31-16(2)19(27)24(3)17-8-13-32(28,29)14-17/h4-7,16-17H,8-14H2,1-3H3/t16-,17-/m1/s1. The first kappa shape index (κ1) is 23.1. The molecular formula is C21H29N5O4S2. The molecule has 0 aliphatic carbocycles. The van der Waals surface area contributed by atoms with E-state index in [2.05, 4.69) is 15.1 Å². The van der Waals surface area contributed by atoms with Gasteiger partial charge in [0.15, 0.2) is 15.0 Å². The lowest BCUT2D eigenvalue weighted by atomic mass is 10.2. The molecule has 174 valence electrons. The molecule has 0 spiro atoms. The number of morpholine rings is 1. The number of ether oxygens (including phenoxy) is 1. The molecule has 11 heteroatoms. The fraction of sp³-hybridized carbons (Fsp3) is 0.571. The topological polar surface area (TPSA) is 97.6 Å². The molecule has 1 aromatic carbocycles. The van der Waals surface area contributed by atoms with Crippen molar-refractivity contribution in [1.29, 1.82) is 0 Å². The quantitative estimate of drug-likeness (QED) is 0.576. The zero-order valence-electron chi connectivity index (χ0n) is 18.6. The second kappa shape index (κ2) is 9.40. The number of sulfone groups is 1. The number of nitrogens with zero attached hydrogens (tertiary/aromatic N) is 5. The van der Waals surface area contributed by atoms with Crippen LogP contribution in [0.4, 0.5) is 5.95 Å². The van der Waals surface area contributed by atoms with Crippen LogP contribution in [0.2, 0.25) is 0 Å². The summed E-state index contributed by atoms with van der Waals surface area (Å²) in [4.78, 5) is 16.8. The lowest BCUT2D eigenvalue weighted by Crippen LogP contribution is -2.41. The maximum atomic E-state index is 13.1. The minimum Gasteiger partial charge on any atom is -0.378 e. The number of carbonyl (C=O) groups is 1. The number of hydrogen-bond acceptors (Lipinski definition) is 8. The third-order valence-electron chi connectivity index (χ3n) is 6.00. The van der Waals surface area contributed by atoms with Crippen molar-refractivity contribution in [2.45, 2.75) is 36.7 Å². The SMILES string of the molecule is Cc1ccccc1-n1c(S[C@H](C)C(=O)N(C)[C@@H]2CCS(=O)(=O)C2)nnc1N1CCOCC1. The van der Waals surface area contributed by atoms with Crippen LogP contribution in [0.15, 0.2) is 29.4 Å². The predicted molar refractivity (Wildman–Crippen MR) is 124 cm³/mol. The molecule has 0 saturated carbocycles. The van der Waals surface area contributed by atoms with Gasteiger partial charge in [0.25, 0.3) is 0 Å². The smallest absolute Gasteiger partial charge is 0.235 e. The summed E-state index contributed by atoms with van der Waals surface area (Å²) < 4.78 is 31.2. The van der Waals surface area contributed by atoms with Gasteiger partial charge in [-0.25, -0.2) is 8.42 Å². The molecule has 32 heavy (non-hydrogen) atoms. The maximum Gasteiger partial charge on any atom is 0.235 e. The Morgan fingerprint density at radius 3 is 2.62 bits per heavy atom. The van der Waals surface area contributed by atoms with Gasteiger partial charge in [-0.1, -0.05) is 30.0 Å². The monoisotopic (exact) mass is 479 g/mol. The number of aromatic nitrogens is 3. The van der Waals surface area contributed by atoms with Crippen LogP contribution >= 0.6 is 11.8 Å². The zero-order chi connectivity index (χ0) is 22.9. The molecule has 4 rings (SSSR count). The van der Waals surface area contributed by atoms with Crippen molar-refractivity contribution in [3.8, 4) is 5.69 Å². The molecule has 1 aromatic heterocycles. The van der Waals surface area contributed by atoms with Gasteiger partial charge in [0.2, 0.25) is 11.9 Å². The molecule has 0 unspecified atom stereocenters. The third kappa shape index (κ3) is 4.79. The largest absolute Gasteiger partial charge is 0.378 e. The lowest BCUT2D eigenvalue weighted by Gasteiger charge is -2.28. The second-order valence-electron chi connectivity index (χ2n) is 8.27. The third-order valence-corrected chi connectivity index (χ3v) is 8.78. The minimum absolute atomic E-state index is 0.0349. The van der Waals surface area contributed by atoms with Crippen LogP contribution in [-0.4, -0.2) is 90.1 Å². The summed E-state index contributed by atoms with van der Waals surface area (Å²) in [5, 5.41) is 9.10. The van der Waals surface area contributed by atoms with Gasteiger partial charge in [-0.05, 0) is 31.9 Å². The number of rotatable bonds is 6. The van der Waals surface area contributed by atoms with Crippen molar-refractivity contribution >= 4 is 33.5 Å². The molecule has 2 aliphatic heterocycles. The normalized spacial score (nSPS) is 21.5. The fourth-order valence-corrected chi connectivity index (χ4v) is 6.82. The van der Waals surface area contributed by atoms with Crippen LogP contribution < -0.4 is 4.90 Å². The van der Waals surface area contributed by atoms with Crippen LogP contribution in [0.25, 0.3) is 5.69 Å². The molecule has 3 heterocycles. The van der Waals surface area contributed by atoms with Gasteiger partial charge < -0.3 is 14.5 Å². The summed E-state index contributed by atoms with van der Waals surface area (Å²) >= 11 is 1.34. The van der Waals surface area contributed by atoms with E-state index in [1.807, 2.05) is 42.7 Å². The number of thioether (sulfide) groups is 1. The Bertz CT molecular complexity index is 1080. The van der Waals surface area contributed by atoms with Crippen LogP contribution in [0.1, 0.15) is 18.9 Å². The van der Waals surface area contributed by atoms with Gasteiger partial charge in [0.1, 0.15) is 0 Å². The van der Waals surface area contributed by atoms with Crippen molar-refractivity contribution in [2.24, 2.45) is 0 Å². The first-order valence-corrected chi connectivity index (χ1v) is 13.4. The molecule has 2 aromatic rings. The number of hydrogen-bond donors (Lipinski definition) is 0. The Labute approximate surface area is 193 Å². The van der Waals surface area contributed by atoms with Gasteiger partial charge in [-0.3, -0.25) is 9.36 Å². The predicted octanol–water partition coefficient (Wildman–Crippen LogP) is 1.54. The highest BCUT2D eigenvalue weighted by Crippen LogP contribution is 2.32. The number of para-hydroxylation sites is 1. The van der Waals surface area contributed by atoms with E-state index in [0.29, 0.717) is 24.8 Å². The number of aryl methyl sites for hydroxylation is 1. The van der Waals surface area contributed by atoms with E-state index in [4.69, 9.17) is 4.74 Å². The summed E-state index contributed by atoms with van der Waals surface area (Å²) in [5.41, 5.74) is 2.05. The zero-order valence-corrected chi connectivity index (χ0v) is 20.2. The van der Waals surface area contributed by atoms with Gasteiger partial charge >= 0.3 is 0 Å². The van der Waals surface area contributed by atoms with E-state index in [1.54, 1.807) is 11.9 Å². The van der Waals surface area contributed by atoms with E-state index in [-0.39, 0.29) is 23.5 Å². The second-order valence-corrected chi connectivity index (χ2v) is 11.8. The first-order valence-electron chi connectivity index (χ1n) is 10.7. The average molecular weight is 480 g/mol. The summed E-state index contributed by atoms with van der Waals surface area (Å²) in [7, 11) is -1.37. The Morgan fingerprint density at radius 2 is 1.97 bits per heavy atom. The molecule has 1 amide bonds. The van der Waals surface area contributed by atoms with Crippen molar-refractivity contribution in [3.05, 3.63) is 29.8 Å². The van der Waals surface area contributed by atoms with Gasteiger partial charge in [0.05, 0.1) is 35.7 Å². The number of amides is 1. The summed E-state index contributed by atoms with van der Waals surface area (Å²) in [6.45, 7) is 6.58. The van der Waals surface area contributed by atoms with Crippen LogP contribution in [-0.2, 0) is 19.4 Å². The van der Waals surface area contributed by atoms with Crippen LogP contribution in [0.3, 0.4) is 0 Å². The Kier molecular flexibility index (Phi) is 6.78. The summed E-state index contributed by atoms with van der Waals surface area (Å²) in [6.07, 6.45) is 0.489. The Balaban J connectivity index is 1.60. The number of carbonyl (C=O) groups excluding carboxylic acids is 1. The molecule has 2 saturated heterocycles. The molecule has 2 atom stereocenters. The Morgan fingerprint density at radius 1 is 1.25 bits per heavy atom. The molecule has 0 N–H and O–H groups in total. The molecule has 2 aliphatic rings. The fourth-order valence-electron chi connectivity index (χ4n) is 4.09. The van der Waals surface area contributed by atoms with Crippen molar-refractivity contribution in [2.75, 3.05) is 49.8 Å². The highest BCUT2D eigenvalue weighted by Gasteiger charge is 2.35. The van der Waals surface area contributed by atoms with Gasteiger partial charge in [-0.2, -0.15) is 0 Å². The maximum absolute atomic E-state index is 13.1. The Hall–Kier alpha value is -2.11. The van der Waals surface area contributed by atoms with E-state index in [0.717, 1.165) is 30.3 Å². The van der Waals surface area contributed by atoms with Crippen molar-refractivity contribution < 1.29 is 17.9 Å². The first-order chi connectivity index (χ1) is 15.3. The molecule has 9 nitrogen and oxygen atoms in total. The van der Waals surface area contributed by atoms with E-state index in [1.165, 1.54) is 11.8 Å². The van der Waals surface area contributed by atoms with E-state index < -0.39 is 15.1 Å². The summed E-state index contributed by atoms with van der Waals surface area (Å²) in [5.74, 6) is 0.804. The van der Waals surface area contributed by atoms with Gasteiger partial charge in [0, 0.05) is 26.2 Å². The lowest BCUT2D eigenvalue weighted by molar-refractivity contribution is -0.130. The van der Waals surface area contributed by atoms with Crippen LogP contribution in [0.5, 0.6) is 0 Å². The van der Waals surface area contributed by atoms with Crippen molar-refractivity contribution in [1.82, 2.24) is 19.7 Å². The van der Waals surface area contributed by atoms with Crippen molar-refractivity contribution in [3.63, 3.8) is 0 Å². The average Bonchev–Trinajstić information content (AvgIpc) is 3.36. The summed E-state index contributed by atoms with van der Waals surface area (Å²) in [6, 6.07) is 7.75. The number of benzene rings is 1.